The summed E-state index contributed by atoms with van der Waals surface area (Å²) in [5.74, 6) is 0. The third kappa shape index (κ3) is 3.34. The summed E-state index contributed by atoms with van der Waals surface area (Å²) in [4.78, 5) is 0. The molecule has 1 rings (SSSR count). The van der Waals surface area contributed by atoms with Crippen LogP contribution in [0.5, 0.6) is 0 Å². The number of piperidine rings is 1. The Hall–Kier alpha value is 0.0200. The second-order valence-corrected chi connectivity index (χ2v) is 5.46. The summed E-state index contributed by atoms with van der Waals surface area (Å²) in [5.41, 5.74) is 0.133. The molecule has 0 saturated carbocycles. The maximum atomic E-state index is 10.3. The van der Waals surface area contributed by atoms with Gasteiger partial charge in [0.25, 0.3) is 0 Å². The Kier molecular flexibility index (Phi) is 3.11. The monoisotopic (exact) mass is 203 g/mol. The Labute approximate surface area is 81.5 Å². The van der Waals surface area contributed by atoms with E-state index in [0.717, 1.165) is 12.8 Å². The third-order valence-corrected chi connectivity index (χ3v) is 2.73. The van der Waals surface area contributed by atoms with Crippen LogP contribution in [0.4, 0.5) is 0 Å². The Balaban J connectivity index is 2.66. The van der Waals surface area contributed by atoms with Crippen LogP contribution in [0.2, 0.25) is 0 Å². The summed E-state index contributed by atoms with van der Waals surface area (Å²) in [6.07, 6.45) is 1.92. The lowest BCUT2D eigenvalue weighted by molar-refractivity contribution is 0.0644. The van der Waals surface area contributed by atoms with E-state index in [-0.39, 0.29) is 25.9 Å². The molecule has 0 aromatic carbocycles. The van der Waals surface area contributed by atoms with Gasteiger partial charge in [0.15, 0.2) is 0 Å². The summed E-state index contributed by atoms with van der Waals surface area (Å²) < 4.78 is 15.5. The van der Waals surface area contributed by atoms with Crippen LogP contribution in [0, 0.1) is 0 Å². The normalized spacial score (nSPS) is 27.7. The van der Waals surface area contributed by atoms with Gasteiger partial charge in [-0.3, -0.25) is 4.52 Å². The van der Waals surface area contributed by atoms with Crippen molar-refractivity contribution in [1.29, 1.82) is 0 Å². The van der Waals surface area contributed by atoms with Crippen molar-refractivity contribution in [1.82, 2.24) is 5.32 Å². The molecule has 1 heterocycles. The van der Waals surface area contributed by atoms with Gasteiger partial charge in [-0.2, -0.15) is 0 Å². The molecule has 1 fully saturated rings. The van der Waals surface area contributed by atoms with Crippen LogP contribution < -0.4 is 5.32 Å². The molecule has 0 spiro atoms. The molecule has 1 N–H and O–H groups in total. The lowest BCUT2D eigenvalue weighted by Gasteiger charge is -2.45. The molecule has 3 nitrogen and oxygen atoms in total. The van der Waals surface area contributed by atoms with E-state index in [1.54, 1.807) is 0 Å². The zero-order valence-corrected chi connectivity index (χ0v) is 9.65. The summed E-state index contributed by atoms with van der Waals surface area (Å²) >= 11 is 0. The number of hydrogen-bond donors (Lipinski definition) is 1. The van der Waals surface area contributed by atoms with Gasteiger partial charge in [0.05, 0.1) is 6.10 Å². The first kappa shape index (κ1) is 11.1. The van der Waals surface area contributed by atoms with Crippen molar-refractivity contribution in [3.8, 4) is 0 Å². The van der Waals surface area contributed by atoms with Crippen LogP contribution in [0.1, 0.15) is 40.5 Å². The molecule has 0 radical (unpaired) electrons. The van der Waals surface area contributed by atoms with Crippen molar-refractivity contribution in [2.45, 2.75) is 57.7 Å². The summed E-state index contributed by atoms with van der Waals surface area (Å²) in [7, 11) is -0.203. The minimum Gasteiger partial charge on any atom is -0.307 e. The molecule has 0 aliphatic carbocycles. The van der Waals surface area contributed by atoms with E-state index in [9.17, 15) is 4.57 Å². The van der Waals surface area contributed by atoms with Gasteiger partial charge in [-0.15, -0.1) is 0 Å². The minimum absolute atomic E-state index is 0.0666. The molecule has 13 heavy (non-hydrogen) atoms. The van der Waals surface area contributed by atoms with Gasteiger partial charge >= 0.3 is 8.69 Å². The summed E-state index contributed by atoms with van der Waals surface area (Å²) in [5, 5.41) is 3.54. The zero-order chi connectivity index (χ0) is 10.1. The molecule has 1 saturated heterocycles. The predicted octanol–water partition coefficient (Wildman–Crippen LogP) is 2.52. The SMILES string of the molecule is CC1(C)CC(OP=O)CC(C)(C)N1. The highest BCUT2D eigenvalue weighted by molar-refractivity contribution is 7.17. The van der Waals surface area contributed by atoms with Gasteiger partial charge in [0.1, 0.15) is 0 Å². The van der Waals surface area contributed by atoms with Gasteiger partial charge in [-0.05, 0) is 40.5 Å². The van der Waals surface area contributed by atoms with Crippen LogP contribution in [-0.2, 0) is 9.09 Å². The van der Waals surface area contributed by atoms with Gasteiger partial charge in [0, 0.05) is 11.1 Å². The van der Waals surface area contributed by atoms with Crippen LogP contribution in [-0.4, -0.2) is 17.2 Å². The predicted molar refractivity (Wildman–Crippen MR) is 53.0 cm³/mol. The molecule has 76 valence electrons. The largest absolute Gasteiger partial charge is 0.327 e. The molecule has 0 atom stereocenters. The van der Waals surface area contributed by atoms with Gasteiger partial charge in [0.2, 0.25) is 0 Å². The summed E-state index contributed by atoms with van der Waals surface area (Å²) in [6, 6.07) is 0. The third-order valence-electron chi connectivity index (χ3n) is 2.34. The van der Waals surface area contributed by atoms with Gasteiger partial charge in [-0.1, -0.05) is 0 Å². The quantitative estimate of drug-likeness (QED) is 0.701. The Bertz CT molecular complexity index is 188. The van der Waals surface area contributed by atoms with Crippen LogP contribution >= 0.6 is 8.69 Å². The molecular weight excluding hydrogens is 185 g/mol. The fourth-order valence-electron chi connectivity index (χ4n) is 2.36. The highest BCUT2D eigenvalue weighted by atomic mass is 31.1. The number of nitrogens with one attached hydrogen (secondary N) is 1. The maximum absolute atomic E-state index is 10.3. The molecule has 4 heteroatoms. The second kappa shape index (κ2) is 3.64. The van der Waals surface area contributed by atoms with E-state index in [1.807, 2.05) is 0 Å². The minimum atomic E-state index is -0.203. The van der Waals surface area contributed by atoms with Crippen LogP contribution in [0.25, 0.3) is 0 Å². The highest BCUT2D eigenvalue weighted by Gasteiger charge is 2.38. The molecule has 1 aliphatic rings. The van der Waals surface area contributed by atoms with E-state index < -0.39 is 0 Å². The molecule has 0 unspecified atom stereocenters. The van der Waals surface area contributed by atoms with E-state index >= 15 is 0 Å². The smallest absolute Gasteiger partial charge is 0.307 e. The van der Waals surface area contributed by atoms with Crippen molar-refractivity contribution in [2.24, 2.45) is 0 Å². The molecule has 1 aliphatic heterocycles. The molecule has 0 aromatic rings. The van der Waals surface area contributed by atoms with Crippen LogP contribution in [0.3, 0.4) is 0 Å². The fourth-order valence-corrected chi connectivity index (χ4v) is 2.63. The lowest BCUT2D eigenvalue weighted by atomic mass is 9.81. The summed E-state index contributed by atoms with van der Waals surface area (Å²) in [6.45, 7) is 8.58. The van der Waals surface area contributed by atoms with Gasteiger partial charge in [-0.25, -0.2) is 4.57 Å². The van der Waals surface area contributed by atoms with E-state index in [4.69, 9.17) is 4.52 Å². The number of hydrogen-bond acceptors (Lipinski definition) is 3. The Morgan fingerprint density at radius 1 is 1.23 bits per heavy atom. The van der Waals surface area contributed by atoms with Gasteiger partial charge < -0.3 is 5.32 Å². The van der Waals surface area contributed by atoms with E-state index in [1.165, 1.54) is 0 Å². The van der Waals surface area contributed by atoms with Crippen molar-refractivity contribution < 1.29 is 9.09 Å². The van der Waals surface area contributed by atoms with Crippen LogP contribution in [0.15, 0.2) is 0 Å². The first-order valence-electron chi connectivity index (χ1n) is 4.62. The average Bonchev–Trinajstić information content (AvgIpc) is 1.78. The molecule has 0 bridgehead atoms. The van der Waals surface area contributed by atoms with Crippen molar-refractivity contribution in [3.63, 3.8) is 0 Å². The van der Waals surface area contributed by atoms with E-state index in [2.05, 4.69) is 33.0 Å². The first-order valence-corrected chi connectivity index (χ1v) is 5.35. The Morgan fingerprint density at radius 3 is 2.08 bits per heavy atom. The van der Waals surface area contributed by atoms with Crippen molar-refractivity contribution in [3.05, 3.63) is 0 Å². The zero-order valence-electron chi connectivity index (χ0n) is 8.76. The topological polar surface area (TPSA) is 38.3 Å². The average molecular weight is 203 g/mol. The standard InChI is InChI=1S/C9H18NO2P/c1-8(2)5-7(12-13-11)6-9(3,4)10-8/h7,10H,5-6H2,1-4H3. The molecular formula is C9H18NO2P. The molecule has 0 aromatic heterocycles. The number of rotatable bonds is 2. The fraction of sp³-hybridized carbons (Fsp3) is 1.00. The molecule has 0 amide bonds. The van der Waals surface area contributed by atoms with Crippen molar-refractivity contribution in [2.75, 3.05) is 0 Å². The van der Waals surface area contributed by atoms with E-state index in [0.29, 0.717) is 0 Å². The second-order valence-electron chi connectivity index (χ2n) is 5.10. The Morgan fingerprint density at radius 2 is 1.69 bits per heavy atom. The highest BCUT2D eigenvalue weighted by Crippen LogP contribution is 2.31. The maximum Gasteiger partial charge on any atom is 0.327 e. The lowest BCUT2D eigenvalue weighted by Crippen LogP contribution is -2.59. The van der Waals surface area contributed by atoms with Crippen molar-refractivity contribution >= 4 is 8.69 Å². The first-order chi connectivity index (χ1) is 5.85.